The van der Waals surface area contributed by atoms with E-state index in [0.29, 0.717) is 18.3 Å². The van der Waals surface area contributed by atoms with Crippen molar-refractivity contribution in [1.29, 1.82) is 0 Å². The van der Waals surface area contributed by atoms with Gasteiger partial charge in [-0.2, -0.15) is 0 Å². The largest absolute Gasteiger partial charge is 0.464 e. The lowest BCUT2D eigenvalue weighted by Crippen LogP contribution is -1.92. The zero-order chi connectivity index (χ0) is 6.15. The third-order valence-corrected chi connectivity index (χ3v) is 1.94. The average Bonchev–Trinajstić information content (AvgIpc) is 2.25. The Morgan fingerprint density at radius 2 is 1.88 bits per heavy atom. The van der Waals surface area contributed by atoms with Crippen LogP contribution in [0.2, 0.25) is 0 Å². The Morgan fingerprint density at radius 3 is 2.00 bits per heavy atom. The molecule has 1 saturated carbocycles. The van der Waals surface area contributed by atoms with Gasteiger partial charge in [0.1, 0.15) is 6.10 Å². The van der Waals surface area contributed by atoms with Gasteiger partial charge in [0.05, 0.1) is 0 Å². The Hall–Kier alpha value is -0.530. The third kappa shape index (κ3) is 0.703. The third-order valence-electron chi connectivity index (χ3n) is 1.94. The predicted octanol–water partition coefficient (Wildman–Crippen LogP) is 0.814. The highest BCUT2D eigenvalue weighted by Gasteiger charge is 2.44. The molecule has 0 N–H and O–H groups in total. The predicted molar refractivity (Wildman–Crippen MR) is 29.3 cm³/mol. The van der Waals surface area contributed by atoms with Crippen molar-refractivity contribution in [3.8, 4) is 0 Å². The molecule has 0 radical (unpaired) electrons. The van der Waals surface area contributed by atoms with Crippen LogP contribution in [0.3, 0.4) is 0 Å². The first-order chi connectivity index (χ1) is 3.77. The molecule has 8 heavy (non-hydrogen) atoms. The highest BCUT2D eigenvalue weighted by atomic mass is 16.5. The average molecular weight is 114 g/mol. The lowest BCUT2D eigenvalue weighted by atomic mass is 10.4. The van der Waals surface area contributed by atoms with Crippen LogP contribution in [-0.2, 0) is 9.53 Å². The number of hydrogen-bond donors (Lipinski definition) is 0. The fourth-order valence-electron chi connectivity index (χ4n) is 0.929. The molecule has 2 nitrogen and oxygen atoms in total. The molecule has 0 aliphatic heterocycles. The van der Waals surface area contributed by atoms with Crippen molar-refractivity contribution in [3.05, 3.63) is 0 Å². The van der Waals surface area contributed by atoms with Crippen molar-refractivity contribution in [2.75, 3.05) is 0 Å². The van der Waals surface area contributed by atoms with E-state index in [4.69, 9.17) is 4.74 Å². The van der Waals surface area contributed by atoms with E-state index in [9.17, 15) is 4.79 Å². The van der Waals surface area contributed by atoms with E-state index >= 15 is 0 Å². The van der Waals surface area contributed by atoms with Gasteiger partial charge in [0.15, 0.2) is 0 Å². The summed E-state index contributed by atoms with van der Waals surface area (Å²) < 4.78 is 4.70. The Kier molecular flexibility index (Phi) is 1.24. The van der Waals surface area contributed by atoms with Crippen molar-refractivity contribution in [3.63, 3.8) is 0 Å². The summed E-state index contributed by atoms with van der Waals surface area (Å²) >= 11 is 0. The second kappa shape index (κ2) is 1.77. The van der Waals surface area contributed by atoms with Crippen molar-refractivity contribution >= 4 is 6.47 Å². The normalized spacial score (nSPS) is 43.5. The fraction of sp³-hybridized carbons (Fsp3) is 0.833. The van der Waals surface area contributed by atoms with E-state index in [1.165, 1.54) is 0 Å². The SMILES string of the molecule is CC1C(C)C1OC=O. The Bertz CT molecular complexity index is 92.7. The molecular weight excluding hydrogens is 104 g/mol. The number of carbonyl (C=O) groups excluding carboxylic acids is 1. The van der Waals surface area contributed by atoms with E-state index in [2.05, 4.69) is 13.8 Å². The summed E-state index contributed by atoms with van der Waals surface area (Å²) in [5, 5.41) is 0. The lowest BCUT2D eigenvalue weighted by Gasteiger charge is -1.88. The van der Waals surface area contributed by atoms with Gasteiger partial charge >= 0.3 is 0 Å². The van der Waals surface area contributed by atoms with Gasteiger partial charge in [0.2, 0.25) is 0 Å². The summed E-state index contributed by atoms with van der Waals surface area (Å²) in [6.07, 6.45) is 0.215. The summed E-state index contributed by atoms with van der Waals surface area (Å²) in [4.78, 5) is 9.72. The highest BCUT2D eigenvalue weighted by Crippen LogP contribution is 2.39. The van der Waals surface area contributed by atoms with Crippen LogP contribution >= 0.6 is 0 Å². The van der Waals surface area contributed by atoms with Gasteiger partial charge in [-0.15, -0.1) is 0 Å². The van der Waals surface area contributed by atoms with Crippen LogP contribution in [0.15, 0.2) is 0 Å². The molecule has 0 aromatic heterocycles. The van der Waals surface area contributed by atoms with Gasteiger partial charge in [-0.1, -0.05) is 13.8 Å². The van der Waals surface area contributed by atoms with Gasteiger partial charge in [0.25, 0.3) is 6.47 Å². The summed E-state index contributed by atoms with van der Waals surface area (Å²) in [5.41, 5.74) is 0. The highest BCUT2D eigenvalue weighted by molar-refractivity contribution is 5.38. The van der Waals surface area contributed by atoms with Crippen molar-refractivity contribution in [2.45, 2.75) is 20.0 Å². The Morgan fingerprint density at radius 1 is 1.38 bits per heavy atom. The first-order valence-electron chi connectivity index (χ1n) is 2.86. The zero-order valence-corrected chi connectivity index (χ0v) is 5.13. The molecule has 0 heterocycles. The van der Waals surface area contributed by atoms with Crippen molar-refractivity contribution in [1.82, 2.24) is 0 Å². The van der Waals surface area contributed by atoms with Gasteiger partial charge in [-0.05, 0) is 11.8 Å². The summed E-state index contributed by atoms with van der Waals surface area (Å²) in [7, 11) is 0. The van der Waals surface area contributed by atoms with Crippen LogP contribution in [0, 0.1) is 11.8 Å². The topological polar surface area (TPSA) is 26.3 Å². The first-order valence-corrected chi connectivity index (χ1v) is 2.86. The molecule has 2 heteroatoms. The molecule has 1 fully saturated rings. The Labute approximate surface area is 48.8 Å². The first kappa shape index (κ1) is 5.60. The zero-order valence-electron chi connectivity index (χ0n) is 5.13. The molecule has 1 aliphatic rings. The molecule has 0 spiro atoms. The van der Waals surface area contributed by atoms with Crippen molar-refractivity contribution in [2.24, 2.45) is 11.8 Å². The van der Waals surface area contributed by atoms with E-state index in [-0.39, 0.29) is 6.10 Å². The van der Waals surface area contributed by atoms with Gasteiger partial charge < -0.3 is 4.74 Å². The molecular formula is C6H10O2. The number of hydrogen-bond acceptors (Lipinski definition) is 2. The van der Waals surface area contributed by atoms with E-state index < -0.39 is 0 Å². The number of rotatable bonds is 2. The smallest absolute Gasteiger partial charge is 0.293 e. The van der Waals surface area contributed by atoms with E-state index in [1.54, 1.807) is 0 Å². The lowest BCUT2D eigenvalue weighted by molar-refractivity contribution is -0.130. The van der Waals surface area contributed by atoms with Gasteiger partial charge in [-0.3, -0.25) is 4.79 Å². The monoisotopic (exact) mass is 114 g/mol. The van der Waals surface area contributed by atoms with Crippen LogP contribution in [0.4, 0.5) is 0 Å². The molecule has 0 bridgehead atoms. The van der Waals surface area contributed by atoms with Gasteiger partial charge in [-0.25, -0.2) is 0 Å². The summed E-state index contributed by atoms with van der Waals surface area (Å²) in [6, 6.07) is 0. The standard InChI is InChI=1S/C6H10O2/c1-4-5(2)6(4)8-3-7/h3-6H,1-2H3. The molecule has 46 valence electrons. The molecule has 1 rings (SSSR count). The molecule has 1 aliphatic carbocycles. The minimum atomic E-state index is 0.215. The van der Waals surface area contributed by atoms with E-state index in [1.807, 2.05) is 0 Å². The molecule has 0 amide bonds. The van der Waals surface area contributed by atoms with Crippen LogP contribution in [-0.4, -0.2) is 12.6 Å². The fourth-order valence-corrected chi connectivity index (χ4v) is 0.929. The second-order valence-electron chi connectivity index (χ2n) is 2.42. The van der Waals surface area contributed by atoms with E-state index in [0.717, 1.165) is 0 Å². The van der Waals surface area contributed by atoms with Crippen LogP contribution < -0.4 is 0 Å². The molecule has 0 saturated heterocycles. The maximum atomic E-state index is 9.72. The quantitative estimate of drug-likeness (QED) is 0.497. The summed E-state index contributed by atoms with van der Waals surface area (Å²) in [6.45, 7) is 4.70. The van der Waals surface area contributed by atoms with Crippen LogP contribution in [0.5, 0.6) is 0 Å². The molecule has 2 unspecified atom stereocenters. The minimum absolute atomic E-state index is 0.215. The van der Waals surface area contributed by atoms with Crippen molar-refractivity contribution < 1.29 is 9.53 Å². The molecule has 0 aromatic carbocycles. The maximum Gasteiger partial charge on any atom is 0.293 e. The van der Waals surface area contributed by atoms with Crippen LogP contribution in [0.25, 0.3) is 0 Å². The summed E-state index contributed by atoms with van der Waals surface area (Å²) in [5.74, 6) is 1.17. The number of carbonyl (C=O) groups is 1. The minimum Gasteiger partial charge on any atom is -0.464 e. The van der Waals surface area contributed by atoms with Gasteiger partial charge in [0, 0.05) is 0 Å². The molecule has 2 atom stereocenters. The molecule has 0 aromatic rings. The second-order valence-corrected chi connectivity index (χ2v) is 2.42. The van der Waals surface area contributed by atoms with Crippen LogP contribution in [0.1, 0.15) is 13.8 Å². The maximum absolute atomic E-state index is 9.72. The number of ether oxygens (including phenoxy) is 1. The Balaban J connectivity index is 2.22.